The Bertz CT molecular complexity index is 708. The van der Waals surface area contributed by atoms with E-state index in [1.54, 1.807) is 0 Å². The van der Waals surface area contributed by atoms with Crippen LogP contribution in [0.5, 0.6) is 0 Å². The second-order valence-electron chi connectivity index (χ2n) is 7.33. The number of aromatic nitrogens is 1. The van der Waals surface area contributed by atoms with Crippen molar-refractivity contribution < 1.29 is 0 Å². The van der Waals surface area contributed by atoms with Crippen molar-refractivity contribution in [3.05, 3.63) is 41.6 Å². The molecule has 0 fully saturated rings. The third kappa shape index (κ3) is 2.97. The summed E-state index contributed by atoms with van der Waals surface area (Å²) >= 11 is 0. The van der Waals surface area contributed by atoms with Gasteiger partial charge in [-0.25, -0.2) is 0 Å². The van der Waals surface area contributed by atoms with Crippen LogP contribution in [-0.4, -0.2) is 29.5 Å². The lowest BCUT2D eigenvalue weighted by molar-refractivity contribution is 0.124. The van der Waals surface area contributed by atoms with E-state index in [2.05, 4.69) is 68.2 Å². The molecule has 1 heterocycles. The van der Waals surface area contributed by atoms with Crippen LogP contribution in [0.1, 0.15) is 56.7 Å². The molecule has 0 aliphatic heterocycles. The van der Waals surface area contributed by atoms with Crippen LogP contribution in [-0.2, 0) is 0 Å². The maximum absolute atomic E-state index is 3.65. The van der Waals surface area contributed by atoms with Crippen molar-refractivity contribution >= 4 is 16.5 Å². The number of hydrogen-bond donors (Lipinski definition) is 1. The first kappa shape index (κ1) is 16.3. The zero-order valence-electron chi connectivity index (χ0n) is 15.1. The van der Waals surface area contributed by atoms with Gasteiger partial charge in [0, 0.05) is 22.1 Å². The molecule has 2 heteroatoms. The summed E-state index contributed by atoms with van der Waals surface area (Å²) < 4.78 is 0. The van der Waals surface area contributed by atoms with Crippen molar-refractivity contribution in [3.63, 3.8) is 0 Å². The molecule has 124 valence electrons. The average molecular weight is 310 g/mol. The van der Waals surface area contributed by atoms with E-state index in [9.17, 15) is 0 Å². The van der Waals surface area contributed by atoms with Gasteiger partial charge in [-0.3, -0.25) is 0 Å². The number of nitrogens with one attached hydrogen (secondary N) is 1. The van der Waals surface area contributed by atoms with Crippen LogP contribution < -0.4 is 0 Å². The quantitative estimate of drug-likeness (QED) is 0.769. The molecule has 0 spiro atoms. The highest BCUT2D eigenvalue weighted by Crippen LogP contribution is 2.40. The maximum atomic E-state index is 3.65. The minimum Gasteiger partial charge on any atom is -0.355 e. The predicted octanol–water partition coefficient (Wildman–Crippen LogP) is 5.53. The number of rotatable bonds is 5. The molecule has 0 saturated carbocycles. The van der Waals surface area contributed by atoms with Gasteiger partial charge in [0.1, 0.15) is 0 Å². The van der Waals surface area contributed by atoms with E-state index in [-0.39, 0.29) is 0 Å². The number of aryl methyl sites for hydroxylation is 1. The topological polar surface area (TPSA) is 19.0 Å². The monoisotopic (exact) mass is 310 g/mol. The highest BCUT2D eigenvalue weighted by Gasteiger charge is 2.34. The largest absolute Gasteiger partial charge is 0.355 e. The first-order valence-corrected chi connectivity index (χ1v) is 9.01. The standard InChI is InChI=1S/C21H30N2/c1-5-6-13-21(23(3)4)14-11-17(12-15-21)20-16(2)18-9-7-8-10-19(18)22-20/h7-11,22H,5-6,12-15H2,1-4H3. The Hall–Kier alpha value is -1.54. The fourth-order valence-corrected chi connectivity index (χ4v) is 4.08. The summed E-state index contributed by atoms with van der Waals surface area (Å²) in [6, 6.07) is 8.64. The molecule has 0 radical (unpaired) electrons. The van der Waals surface area contributed by atoms with Crippen molar-refractivity contribution in [1.29, 1.82) is 0 Å². The number of hydrogen-bond acceptors (Lipinski definition) is 1. The summed E-state index contributed by atoms with van der Waals surface area (Å²) in [7, 11) is 4.51. The molecule has 1 aliphatic carbocycles. The van der Waals surface area contributed by atoms with Gasteiger partial charge >= 0.3 is 0 Å². The fourth-order valence-electron chi connectivity index (χ4n) is 4.08. The summed E-state index contributed by atoms with van der Waals surface area (Å²) in [5.41, 5.74) is 5.88. The SMILES string of the molecule is CCCCC1(N(C)C)CC=C(c2[nH]c3ccccc3c2C)CC1. The Morgan fingerprint density at radius 1 is 1.22 bits per heavy atom. The second-order valence-corrected chi connectivity index (χ2v) is 7.33. The average Bonchev–Trinajstić information content (AvgIpc) is 2.90. The molecular weight excluding hydrogens is 280 g/mol. The van der Waals surface area contributed by atoms with Crippen molar-refractivity contribution in [2.45, 2.75) is 57.9 Å². The summed E-state index contributed by atoms with van der Waals surface area (Å²) in [5, 5.41) is 1.36. The number of para-hydroxylation sites is 1. The van der Waals surface area contributed by atoms with Crippen LogP contribution in [0.3, 0.4) is 0 Å². The van der Waals surface area contributed by atoms with Gasteiger partial charge in [0.15, 0.2) is 0 Å². The minimum atomic E-state index is 0.361. The van der Waals surface area contributed by atoms with E-state index in [0.29, 0.717) is 5.54 Å². The molecule has 0 amide bonds. The molecule has 0 saturated heterocycles. The van der Waals surface area contributed by atoms with Crippen LogP contribution in [0.25, 0.3) is 16.5 Å². The number of aromatic amines is 1. The molecule has 23 heavy (non-hydrogen) atoms. The summed E-state index contributed by atoms with van der Waals surface area (Å²) in [6.07, 6.45) is 10.0. The molecule has 1 aliphatic rings. The predicted molar refractivity (Wildman–Crippen MR) is 101 cm³/mol. The number of unbranched alkanes of at least 4 members (excludes halogenated alkanes) is 1. The van der Waals surface area contributed by atoms with Crippen molar-refractivity contribution in [2.75, 3.05) is 14.1 Å². The van der Waals surface area contributed by atoms with Crippen molar-refractivity contribution in [3.8, 4) is 0 Å². The van der Waals surface area contributed by atoms with Gasteiger partial charge in [-0.2, -0.15) is 0 Å². The zero-order chi connectivity index (χ0) is 16.4. The molecule has 2 aromatic rings. The first-order chi connectivity index (χ1) is 11.1. The summed E-state index contributed by atoms with van der Waals surface area (Å²) in [4.78, 5) is 6.12. The van der Waals surface area contributed by atoms with Gasteiger partial charge < -0.3 is 9.88 Å². The Labute approximate surface area is 140 Å². The van der Waals surface area contributed by atoms with Crippen LogP contribution in [0.2, 0.25) is 0 Å². The number of benzene rings is 1. The number of allylic oxidation sites excluding steroid dienone is 1. The third-order valence-electron chi connectivity index (χ3n) is 5.82. The number of fused-ring (bicyclic) bond motifs is 1. The van der Waals surface area contributed by atoms with E-state index in [0.717, 1.165) is 0 Å². The molecular formula is C21H30N2. The third-order valence-corrected chi connectivity index (χ3v) is 5.82. The first-order valence-electron chi connectivity index (χ1n) is 9.01. The van der Waals surface area contributed by atoms with E-state index >= 15 is 0 Å². The second kappa shape index (κ2) is 6.52. The van der Waals surface area contributed by atoms with E-state index in [1.165, 1.54) is 66.3 Å². The fraction of sp³-hybridized carbons (Fsp3) is 0.524. The lowest BCUT2D eigenvalue weighted by Gasteiger charge is -2.42. The molecule has 0 bridgehead atoms. The smallest absolute Gasteiger partial charge is 0.0461 e. The normalized spacial score (nSPS) is 21.9. The highest BCUT2D eigenvalue weighted by molar-refractivity contribution is 5.89. The highest BCUT2D eigenvalue weighted by atomic mass is 15.1. The van der Waals surface area contributed by atoms with Gasteiger partial charge in [-0.05, 0) is 63.9 Å². The molecule has 1 N–H and O–H groups in total. The van der Waals surface area contributed by atoms with Gasteiger partial charge in [0.25, 0.3) is 0 Å². The number of nitrogens with zero attached hydrogens (tertiary/aromatic N) is 1. The zero-order valence-corrected chi connectivity index (χ0v) is 15.1. The summed E-state index contributed by atoms with van der Waals surface area (Å²) in [5.74, 6) is 0. The lowest BCUT2D eigenvalue weighted by Crippen LogP contribution is -2.45. The van der Waals surface area contributed by atoms with Crippen LogP contribution in [0.15, 0.2) is 30.3 Å². The van der Waals surface area contributed by atoms with E-state index in [4.69, 9.17) is 0 Å². The molecule has 1 unspecified atom stereocenters. The maximum Gasteiger partial charge on any atom is 0.0461 e. The van der Waals surface area contributed by atoms with Gasteiger partial charge in [0.05, 0.1) is 0 Å². The summed E-state index contributed by atoms with van der Waals surface area (Å²) in [6.45, 7) is 4.54. The number of H-pyrrole nitrogens is 1. The van der Waals surface area contributed by atoms with Crippen molar-refractivity contribution in [2.24, 2.45) is 0 Å². The van der Waals surface area contributed by atoms with E-state index in [1.807, 2.05) is 0 Å². The van der Waals surface area contributed by atoms with E-state index < -0.39 is 0 Å². The van der Waals surface area contributed by atoms with Gasteiger partial charge in [-0.1, -0.05) is 44.0 Å². The molecule has 1 aromatic heterocycles. The van der Waals surface area contributed by atoms with Crippen LogP contribution in [0.4, 0.5) is 0 Å². The van der Waals surface area contributed by atoms with Crippen LogP contribution in [0, 0.1) is 6.92 Å². The van der Waals surface area contributed by atoms with Crippen LogP contribution >= 0.6 is 0 Å². The molecule has 1 aromatic carbocycles. The Balaban J connectivity index is 1.89. The Morgan fingerprint density at radius 3 is 2.61 bits per heavy atom. The van der Waals surface area contributed by atoms with Crippen molar-refractivity contribution in [1.82, 2.24) is 9.88 Å². The molecule has 3 rings (SSSR count). The van der Waals surface area contributed by atoms with Gasteiger partial charge in [-0.15, -0.1) is 0 Å². The Morgan fingerprint density at radius 2 is 2.00 bits per heavy atom. The Kier molecular flexibility index (Phi) is 4.63. The lowest BCUT2D eigenvalue weighted by atomic mass is 9.77. The van der Waals surface area contributed by atoms with Gasteiger partial charge in [0.2, 0.25) is 0 Å². The minimum absolute atomic E-state index is 0.361. The molecule has 2 nitrogen and oxygen atoms in total. The molecule has 1 atom stereocenters.